The molecule has 1 saturated carbocycles. The molecule has 29 heavy (non-hydrogen) atoms. The van der Waals surface area contributed by atoms with Crippen LogP contribution in [0.25, 0.3) is 11.3 Å². The van der Waals surface area contributed by atoms with Crippen LogP contribution < -0.4 is 11.1 Å². The van der Waals surface area contributed by atoms with Gasteiger partial charge in [-0.3, -0.25) is 9.79 Å². The van der Waals surface area contributed by atoms with E-state index in [0.717, 1.165) is 24.0 Å². The zero-order chi connectivity index (χ0) is 20.8. The van der Waals surface area contributed by atoms with Gasteiger partial charge in [0, 0.05) is 37.0 Å². The maximum atomic E-state index is 11.3. The minimum Gasteiger partial charge on any atom is -0.478 e. The first-order chi connectivity index (χ1) is 14.0. The highest BCUT2D eigenvalue weighted by atomic mass is 16.4. The van der Waals surface area contributed by atoms with Gasteiger partial charge in [0.15, 0.2) is 0 Å². The summed E-state index contributed by atoms with van der Waals surface area (Å²) in [6.07, 6.45) is 7.38. The van der Waals surface area contributed by atoms with Crippen molar-refractivity contribution in [3.8, 4) is 11.3 Å². The van der Waals surface area contributed by atoms with Crippen molar-refractivity contribution < 1.29 is 14.7 Å². The van der Waals surface area contributed by atoms with Crippen molar-refractivity contribution in [3.05, 3.63) is 53.5 Å². The highest BCUT2D eigenvalue weighted by Gasteiger charge is 2.17. The van der Waals surface area contributed by atoms with Crippen molar-refractivity contribution in [1.82, 2.24) is 9.97 Å². The molecule has 0 radical (unpaired) electrons. The van der Waals surface area contributed by atoms with Gasteiger partial charge < -0.3 is 16.2 Å². The normalized spacial score (nSPS) is 15.6. The van der Waals surface area contributed by atoms with E-state index in [2.05, 4.69) is 20.3 Å². The fourth-order valence-corrected chi connectivity index (χ4v) is 3.07. The summed E-state index contributed by atoms with van der Waals surface area (Å²) in [5, 5.41) is 12.1. The van der Waals surface area contributed by atoms with Crippen LogP contribution in [0.4, 0.5) is 5.95 Å². The second-order valence-corrected chi connectivity index (χ2v) is 6.90. The second kappa shape index (κ2) is 9.09. The number of aromatic carboxylic acids is 1. The number of anilines is 1. The average molecular weight is 393 g/mol. The summed E-state index contributed by atoms with van der Waals surface area (Å²) in [6.45, 7) is 1.88. The van der Waals surface area contributed by atoms with Gasteiger partial charge in [-0.2, -0.15) is 0 Å². The van der Waals surface area contributed by atoms with Gasteiger partial charge in [-0.1, -0.05) is 12.1 Å². The lowest BCUT2D eigenvalue weighted by molar-refractivity contribution is -0.120. The number of aryl methyl sites for hydroxylation is 1. The molecule has 0 saturated heterocycles. The van der Waals surface area contributed by atoms with E-state index in [9.17, 15) is 9.59 Å². The van der Waals surface area contributed by atoms with Crippen LogP contribution in [0.3, 0.4) is 0 Å². The Morgan fingerprint density at radius 2 is 1.97 bits per heavy atom. The quantitative estimate of drug-likeness (QED) is 0.643. The van der Waals surface area contributed by atoms with Gasteiger partial charge in [-0.25, -0.2) is 14.8 Å². The van der Waals surface area contributed by atoms with Crippen molar-refractivity contribution in [3.63, 3.8) is 0 Å². The minimum absolute atomic E-state index is 0.117. The number of aromatic nitrogens is 2. The average Bonchev–Trinajstić information content (AvgIpc) is 2.73. The molecule has 0 spiro atoms. The number of rotatable bonds is 6. The van der Waals surface area contributed by atoms with Crippen molar-refractivity contribution in [2.45, 2.75) is 38.6 Å². The van der Waals surface area contributed by atoms with Crippen LogP contribution in [0, 0.1) is 6.92 Å². The minimum atomic E-state index is -0.974. The Balaban J connectivity index is 1.74. The van der Waals surface area contributed by atoms with Gasteiger partial charge >= 0.3 is 5.97 Å². The summed E-state index contributed by atoms with van der Waals surface area (Å²) in [6, 6.07) is 6.63. The maximum Gasteiger partial charge on any atom is 0.335 e. The van der Waals surface area contributed by atoms with E-state index in [1.54, 1.807) is 36.7 Å². The number of carbonyl (C=O) groups excluding carboxylic acids is 1. The number of Topliss-reactive ketones (excluding diaryl/α,β-unsaturated/α-hetero) is 1. The van der Waals surface area contributed by atoms with Crippen LogP contribution in [0.2, 0.25) is 0 Å². The summed E-state index contributed by atoms with van der Waals surface area (Å²) in [7, 11) is 0. The third kappa shape index (κ3) is 5.25. The molecule has 1 aliphatic rings. The molecule has 8 nitrogen and oxygen atoms in total. The largest absolute Gasteiger partial charge is 0.478 e. The number of hydrogen-bond acceptors (Lipinski definition) is 7. The maximum absolute atomic E-state index is 11.3. The molecule has 0 unspecified atom stereocenters. The van der Waals surface area contributed by atoms with Crippen LogP contribution >= 0.6 is 0 Å². The van der Waals surface area contributed by atoms with E-state index in [4.69, 9.17) is 10.8 Å². The molecular formula is C21H23N5O3. The molecule has 0 bridgehead atoms. The summed E-state index contributed by atoms with van der Waals surface area (Å²) >= 11 is 0. The molecule has 0 aliphatic heterocycles. The first kappa shape index (κ1) is 20.2. The molecule has 1 aromatic carbocycles. The van der Waals surface area contributed by atoms with Crippen molar-refractivity contribution in [2.24, 2.45) is 10.7 Å². The highest BCUT2D eigenvalue weighted by molar-refractivity contribution is 5.88. The number of ketones is 1. The predicted molar refractivity (Wildman–Crippen MR) is 111 cm³/mol. The van der Waals surface area contributed by atoms with E-state index in [0.29, 0.717) is 36.0 Å². The standard InChI is InChI=1S/C21H23N5O3/c1-13-11-24-21(26-19(13)14-2-4-15(5-3-14)20(28)29)25-17(10-22)12-23-16-6-8-18(27)9-7-16/h2-5,10-12,16H,6-9,22H2,1H3,(H,28,29)(H,24,25,26). The number of hydrogen-bond donors (Lipinski definition) is 3. The number of carboxylic acid groups (broad SMARTS) is 1. The predicted octanol–water partition coefficient (Wildman–Crippen LogP) is 2.94. The number of carbonyl (C=O) groups is 2. The Morgan fingerprint density at radius 1 is 1.28 bits per heavy atom. The van der Waals surface area contributed by atoms with Gasteiger partial charge in [0.2, 0.25) is 5.95 Å². The first-order valence-corrected chi connectivity index (χ1v) is 9.37. The van der Waals surface area contributed by atoms with Crippen LogP contribution in [0.5, 0.6) is 0 Å². The van der Waals surface area contributed by atoms with E-state index >= 15 is 0 Å². The third-order valence-corrected chi connectivity index (χ3v) is 4.75. The lowest BCUT2D eigenvalue weighted by Crippen LogP contribution is -2.17. The molecule has 8 heteroatoms. The molecule has 150 valence electrons. The monoisotopic (exact) mass is 393 g/mol. The Labute approximate surface area is 168 Å². The van der Waals surface area contributed by atoms with Crippen LogP contribution in [0.15, 0.2) is 47.4 Å². The molecule has 1 heterocycles. The number of aliphatic imine (C=N–C) groups is 1. The lowest BCUT2D eigenvalue weighted by Gasteiger charge is -2.16. The van der Waals surface area contributed by atoms with Crippen LogP contribution in [0.1, 0.15) is 41.6 Å². The Bertz CT molecular complexity index is 957. The van der Waals surface area contributed by atoms with E-state index in [-0.39, 0.29) is 11.6 Å². The topological polar surface area (TPSA) is 131 Å². The molecule has 1 aromatic heterocycles. The number of nitrogens with two attached hydrogens (primary N) is 1. The molecule has 1 aliphatic carbocycles. The summed E-state index contributed by atoms with van der Waals surface area (Å²) in [5.41, 5.74) is 8.81. The van der Waals surface area contributed by atoms with Gasteiger partial charge in [0.05, 0.1) is 23.0 Å². The molecule has 3 rings (SSSR count). The zero-order valence-electron chi connectivity index (χ0n) is 16.1. The Hall–Kier alpha value is -3.55. The third-order valence-electron chi connectivity index (χ3n) is 4.75. The summed E-state index contributed by atoms with van der Waals surface area (Å²) < 4.78 is 0. The smallest absolute Gasteiger partial charge is 0.335 e. The van der Waals surface area contributed by atoms with Gasteiger partial charge in [0.25, 0.3) is 0 Å². The van der Waals surface area contributed by atoms with Gasteiger partial charge in [-0.05, 0) is 37.5 Å². The molecule has 0 atom stereocenters. The molecule has 0 amide bonds. The Kier molecular flexibility index (Phi) is 6.33. The van der Waals surface area contributed by atoms with Gasteiger partial charge in [0.1, 0.15) is 5.78 Å². The van der Waals surface area contributed by atoms with Crippen molar-refractivity contribution in [1.29, 1.82) is 0 Å². The first-order valence-electron chi connectivity index (χ1n) is 9.37. The molecule has 4 N–H and O–H groups in total. The zero-order valence-corrected chi connectivity index (χ0v) is 16.1. The highest BCUT2D eigenvalue weighted by Crippen LogP contribution is 2.23. The van der Waals surface area contributed by atoms with Crippen LogP contribution in [-0.4, -0.2) is 39.1 Å². The fraction of sp³-hybridized carbons (Fsp3) is 0.286. The second-order valence-electron chi connectivity index (χ2n) is 6.90. The number of nitrogens with zero attached hydrogens (tertiary/aromatic N) is 3. The Morgan fingerprint density at radius 3 is 2.59 bits per heavy atom. The number of allylic oxidation sites excluding steroid dienone is 1. The van der Waals surface area contributed by atoms with E-state index in [1.807, 2.05) is 6.92 Å². The fourth-order valence-electron chi connectivity index (χ4n) is 3.07. The SMILES string of the molecule is Cc1cnc(NC(C=NC2CCC(=O)CC2)=CN)nc1-c1ccc(C(=O)O)cc1. The van der Waals surface area contributed by atoms with Gasteiger partial charge in [-0.15, -0.1) is 0 Å². The lowest BCUT2D eigenvalue weighted by atomic mass is 9.95. The number of nitrogens with one attached hydrogen (secondary N) is 1. The van der Waals surface area contributed by atoms with Crippen molar-refractivity contribution in [2.75, 3.05) is 5.32 Å². The molecule has 2 aromatic rings. The summed E-state index contributed by atoms with van der Waals surface area (Å²) in [5.74, 6) is -0.325. The van der Waals surface area contributed by atoms with Crippen LogP contribution in [-0.2, 0) is 4.79 Å². The number of benzene rings is 1. The summed E-state index contributed by atoms with van der Waals surface area (Å²) in [4.78, 5) is 35.7. The van der Waals surface area contributed by atoms with Crippen molar-refractivity contribution >= 4 is 23.9 Å². The van der Waals surface area contributed by atoms with E-state index in [1.165, 1.54) is 6.20 Å². The van der Waals surface area contributed by atoms with E-state index < -0.39 is 5.97 Å². The number of carboxylic acids is 1. The molecule has 1 fully saturated rings. The molecular weight excluding hydrogens is 370 g/mol.